The van der Waals surface area contributed by atoms with E-state index >= 15 is 0 Å². The van der Waals surface area contributed by atoms with Gasteiger partial charge in [-0.05, 0) is 13.0 Å². The quantitative estimate of drug-likeness (QED) is 0.549. The van der Waals surface area contributed by atoms with E-state index in [-0.39, 0.29) is 12.5 Å². The van der Waals surface area contributed by atoms with Crippen LogP contribution in [0, 0.1) is 5.92 Å². The molecule has 4 nitrogen and oxygen atoms in total. The van der Waals surface area contributed by atoms with Crippen molar-refractivity contribution in [3.8, 4) is 0 Å². The molecule has 0 unspecified atom stereocenters. The van der Waals surface area contributed by atoms with Crippen molar-refractivity contribution in [2.24, 2.45) is 5.92 Å². The molecule has 2 saturated heterocycles. The maximum Gasteiger partial charge on any atom is 0.248 e. The van der Waals surface area contributed by atoms with Gasteiger partial charge in [0.25, 0.3) is 0 Å². The molecule has 2 atom stereocenters. The topological polar surface area (TPSA) is 41.6 Å². The van der Waals surface area contributed by atoms with Gasteiger partial charge in [0.15, 0.2) is 0 Å². The van der Waals surface area contributed by atoms with Crippen LogP contribution in [0.2, 0.25) is 0 Å². The molecule has 1 amide bonds. The van der Waals surface area contributed by atoms with Crippen LogP contribution < -0.4 is 5.32 Å². The molecule has 2 fully saturated rings. The average Bonchev–Trinajstić information content (AvgIpc) is 2.29. The molecule has 74 valence electrons. The number of piperidine rings is 1. The van der Waals surface area contributed by atoms with Crippen LogP contribution in [0.1, 0.15) is 6.42 Å². The van der Waals surface area contributed by atoms with Gasteiger partial charge in [0, 0.05) is 25.6 Å². The smallest absolute Gasteiger partial charge is 0.248 e. The molecule has 0 aromatic heterocycles. The first-order valence-corrected chi connectivity index (χ1v) is 4.83. The highest BCUT2D eigenvalue weighted by Crippen LogP contribution is 2.20. The summed E-state index contributed by atoms with van der Waals surface area (Å²) < 4.78 is 5.32. The summed E-state index contributed by atoms with van der Waals surface area (Å²) in [6.45, 7) is 2.96. The third kappa shape index (κ3) is 1.69. The fourth-order valence-electron chi connectivity index (χ4n) is 2.17. The molecule has 0 radical (unpaired) electrons. The molecule has 0 bridgehead atoms. The van der Waals surface area contributed by atoms with E-state index in [0.29, 0.717) is 18.6 Å². The Labute approximate surface area is 78.2 Å². The largest absolute Gasteiger partial charge is 0.371 e. The maximum atomic E-state index is 11.4. The van der Waals surface area contributed by atoms with Crippen LogP contribution in [0.4, 0.5) is 0 Å². The zero-order valence-electron chi connectivity index (χ0n) is 7.95. The standard InChI is InChI=1S/C9H16N2O2/c1-11-8-2-3-10-4-7(8)5-13-6-9(11)12/h7-8,10H,2-6H2,1H3/t7-,8-/m1/s1. The molecule has 0 aromatic carbocycles. The summed E-state index contributed by atoms with van der Waals surface area (Å²) in [6.07, 6.45) is 1.05. The second-order valence-corrected chi connectivity index (χ2v) is 3.84. The Bertz CT molecular complexity index is 208. The number of amides is 1. The van der Waals surface area contributed by atoms with E-state index in [1.54, 1.807) is 0 Å². The summed E-state index contributed by atoms with van der Waals surface area (Å²) in [7, 11) is 1.89. The summed E-state index contributed by atoms with van der Waals surface area (Å²) in [5.41, 5.74) is 0. The minimum atomic E-state index is 0.120. The predicted molar refractivity (Wildman–Crippen MR) is 48.4 cm³/mol. The van der Waals surface area contributed by atoms with Crippen molar-refractivity contribution >= 4 is 5.91 Å². The highest BCUT2D eigenvalue weighted by atomic mass is 16.5. The van der Waals surface area contributed by atoms with E-state index < -0.39 is 0 Å². The van der Waals surface area contributed by atoms with Gasteiger partial charge in [-0.25, -0.2) is 0 Å². The lowest BCUT2D eigenvalue weighted by atomic mass is 9.93. The Morgan fingerprint density at radius 1 is 1.62 bits per heavy atom. The molecule has 13 heavy (non-hydrogen) atoms. The normalized spacial score (nSPS) is 35.5. The summed E-state index contributed by atoms with van der Waals surface area (Å²) in [5, 5.41) is 3.33. The fourth-order valence-corrected chi connectivity index (χ4v) is 2.17. The van der Waals surface area contributed by atoms with Crippen molar-refractivity contribution in [1.82, 2.24) is 10.2 Å². The third-order valence-electron chi connectivity index (χ3n) is 3.02. The van der Waals surface area contributed by atoms with E-state index in [4.69, 9.17) is 4.74 Å². The highest BCUT2D eigenvalue weighted by Gasteiger charge is 2.33. The minimum absolute atomic E-state index is 0.120. The monoisotopic (exact) mass is 184 g/mol. The van der Waals surface area contributed by atoms with E-state index in [1.807, 2.05) is 11.9 Å². The zero-order valence-corrected chi connectivity index (χ0v) is 7.95. The van der Waals surface area contributed by atoms with E-state index in [1.165, 1.54) is 0 Å². The Morgan fingerprint density at radius 2 is 2.46 bits per heavy atom. The Balaban J connectivity index is 2.11. The summed E-state index contributed by atoms with van der Waals surface area (Å²) in [5.74, 6) is 0.597. The molecular weight excluding hydrogens is 168 g/mol. The first-order chi connectivity index (χ1) is 6.29. The Morgan fingerprint density at radius 3 is 3.31 bits per heavy atom. The van der Waals surface area contributed by atoms with Crippen molar-refractivity contribution in [1.29, 1.82) is 0 Å². The van der Waals surface area contributed by atoms with Crippen molar-refractivity contribution in [3.05, 3.63) is 0 Å². The molecule has 0 spiro atoms. The van der Waals surface area contributed by atoms with Crippen LogP contribution in [0.25, 0.3) is 0 Å². The van der Waals surface area contributed by atoms with Gasteiger partial charge in [-0.2, -0.15) is 0 Å². The maximum absolute atomic E-state index is 11.4. The van der Waals surface area contributed by atoms with Crippen molar-refractivity contribution in [2.45, 2.75) is 12.5 Å². The molecule has 1 N–H and O–H groups in total. The third-order valence-corrected chi connectivity index (χ3v) is 3.02. The van der Waals surface area contributed by atoms with Gasteiger partial charge in [-0.1, -0.05) is 0 Å². The number of fused-ring (bicyclic) bond motifs is 1. The van der Waals surface area contributed by atoms with Crippen molar-refractivity contribution in [2.75, 3.05) is 33.4 Å². The molecule has 2 aliphatic heterocycles. The highest BCUT2D eigenvalue weighted by molar-refractivity contribution is 5.77. The molecule has 0 aromatic rings. The number of nitrogens with zero attached hydrogens (tertiary/aromatic N) is 1. The van der Waals surface area contributed by atoms with Gasteiger partial charge in [0.05, 0.1) is 6.61 Å². The van der Waals surface area contributed by atoms with Gasteiger partial charge < -0.3 is 15.0 Å². The summed E-state index contributed by atoms with van der Waals surface area (Å²) >= 11 is 0. The number of ether oxygens (including phenoxy) is 1. The fraction of sp³-hybridized carbons (Fsp3) is 0.889. The SMILES string of the molecule is CN1C(=O)COC[C@H]2CNCC[C@H]21. The lowest BCUT2D eigenvalue weighted by molar-refractivity contribution is -0.134. The number of carbonyl (C=O) groups excluding carboxylic acids is 1. The van der Waals surface area contributed by atoms with Crippen LogP contribution in [0.5, 0.6) is 0 Å². The first-order valence-electron chi connectivity index (χ1n) is 4.83. The number of rotatable bonds is 0. The number of hydrogen-bond acceptors (Lipinski definition) is 3. The van der Waals surface area contributed by atoms with Crippen LogP contribution in [-0.2, 0) is 9.53 Å². The van der Waals surface area contributed by atoms with Crippen LogP contribution in [0.15, 0.2) is 0 Å². The van der Waals surface area contributed by atoms with Crippen LogP contribution in [0.3, 0.4) is 0 Å². The van der Waals surface area contributed by atoms with Gasteiger partial charge >= 0.3 is 0 Å². The number of hydrogen-bond donors (Lipinski definition) is 1. The first kappa shape index (κ1) is 8.97. The molecule has 2 heterocycles. The van der Waals surface area contributed by atoms with Crippen molar-refractivity contribution in [3.63, 3.8) is 0 Å². The summed E-state index contributed by atoms with van der Waals surface area (Å²) in [6, 6.07) is 0.385. The van der Waals surface area contributed by atoms with Crippen molar-refractivity contribution < 1.29 is 9.53 Å². The molecule has 0 aliphatic carbocycles. The van der Waals surface area contributed by atoms with E-state index in [0.717, 1.165) is 19.5 Å². The number of likely N-dealkylation sites (N-methyl/N-ethyl adjacent to an activating group) is 1. The lowest BCUT2D eigenvalue weighted by Gasteiger charge is -2.35. The average molecular weight is 184 g/mol. The second-order valence-electron chi connectivity index (χ2n) is 3.84. The van der Waals surface area contributed by atoms with Gasteiger partial charge in [0.2, 0.25) is 5.91 Å². The van der Waals surface area contributed by atoms with Gasteiger partial charge in [-0.3, -0.25) is 4.79 Å². The predicted octanol–water partition coefficient (Wildman–Crippen LogP) is -0.547. The van der Waals surface area contributed by atoms with E-state index in [2.05, 4.69) is 5.32 Å². The molecular formula is C9H16N2O2. The molecule has 2 aliphatic rings. The molecule has 2 rings (SSSR count). The van der Waals surface area contributed by atoms with Gasteiger partial charge in [0.1, 0.15) is 6.61 Å². The Hall–Kier alpha value is -0.610. The number of nitrogens with one attached hydrogen (secondary N) is 1. The Kier molecular flexibility index (Phi) is 2.51. The van der Waals surface area contributed by atoms with Gasteiger partial charge in [-0.15, -0.1) is 0 Å². The molecule has 0 saturated carbocycles. The zero-order chi connectivity index (χ0) is 9.26. The van der Waals surface area contributed by atoms with Crippen LogP contribution in [-0.4, -0.2) is 50.2 Å². The minimum Gasteiger partial charge on any atom is -0.371 e. The lowest BCUT2D eigenvalue weighted by Crippen LogP contribution is -2.49. The molecule has 4 heteroatoms. The second kappa shape index (κ2) is 3.64. The van der Waals surface area contributed by atoms with Crippen LogP contribution >= 0.6 is 0 Å². The number of carbonyl (C=O) groups is 1. The summed E-state index contributed by atoms with van der Waals surface area (Å²) in [4.78, 5) is 13.3. The van der Waals surface area contributed by atoms with E-state index in [9.17, 15) is 4.79 Å².